The van der Waals surface area contributed by atoms with E-state index in [1.807, 2.05) is 49.4 Å². The van der Waals surface area contributed by atoms with Gasteiger partial charge in [0.15, 0.2) is 5.11 Å². The van der Waals surface area contributed by atoms with Gasteiger partial charge in [-0.2, -0.15) is 0 Å². The van der Waals surface area contributed by atoms with E-state index in [4.69, 9.17) is 26.4 Å². The molecule has 1 heterocycles. The Morgan fingerprint density at radius 1 is 1.07 bits per heavy atom. The number of esters is 1. The molecule has 7 heteroatoms. The average molecular weight is 413 g/mol. The first-order valence-electron chi connectivity index (χ1n) is 9.24. The maximum absolute atomic E-state index is 12.9. The molecule has 0 aliphatic carbocycles. The number of ether oxygens (including phenoxy) is 3. The van der Waals surface area contributed by atoms with E-state index >= 15 is 0 Å². The third-order valence-electron chi connectivity index (χ3n) is 4.66. The van der Waals surface area contributed by atoms with Crippen molar-refractivity contribution in [3.63, 3.8) is 0 Å². The summed E-state index contributed by atoms with van der Waals surface area (Å²) in [6.07, 6.45) is 0.649. The summed E-state index contributed by atoms with van der Waals surface area (Å²) < 4.78 is 16.3. The van der Waals surface area contributed by atoms with Crippen LogP contribution in [0.4, 0.5) is 0 Å². The third-order valence-corrected chi connectivity index (χ3v) is 4.88. The molecule has 0 radical (unpaired) electrons. The van der Waals surface area contributed by atoms with Crippen molar-refractivity contribution in [3.8, 4) is 11.5 Å². The maximum atomic E-state index is 12.9. The quantitative estimate of drug-likeness (QED) is 0.534. The Morgan fingerprint density at radius 3 is 2.34 bits per heavy atom. The number of methoxy groups -OCH3 is 2. The molecule has 0 spiro atoms. The minimum atomic E-state index is -0.475. The fraction of sp³-hybridized carbons (Fsp3) is 0.273. The van der Waals surface area contributed by atoms with Gasteiger partial charge in [0.2, 0.25) is 0 Å². The van der Waals surface area contributed by atoms with E-state index in [2.05, 4.69) is 10.6 Å². The van der Waals surface area contributed by atoms with Crippen molar-refractivity contribution in [2.45, 2.75) is 19.4 Å². The summed E-state index contributed by atoms with van der Waals surface area (Å²) in [5.41, 5.74) is 3.03. The van der Waals surface area contributed by atoms with Crippen molar-refractivity contribution >= 4 is 23.3 Å². The van der Waals surface area contributed by atoms with Gasteiger partial charge in [0.1, 0.15) is 11.5 Å². The number of hydrogen-bond donors (Lipinski definition) is 2. The zero-order valence-electron chi connectivity index (χ0n) is 16.7. The highest BCUT2D eigenvalue weighted by molar-refractivity contribution is 7.80. The lowest BCUT2D eigenvalue weighted by Gasteiger charge is -2.30. The summed E-state index contributed by atoms with van der Waals surface area (Å²) in [4.78, 5) is 12.9. The molecule has 2 N–H and O–H groups in total. The number of thiocarbonyl (C=S) groups is 1. The molecule has 1 aliphatic rings. The Kier molecular flexibility index (Phi) is 6.72. The SMILES string of the molecule is COc1cc(OC)cc([C@H]2NC(=S)NC(C)=C2C(=O)OCCc2ccccc2)c1. The lowest BCUT2D eigenvalue weighted by atomic mass is 9.95. The smallest absolute Gasteiger partial charge is 0.338 e. The van der Waals surface area contributed by atoms with Crippen molar-refractivity contribution in [1.29, 1.82) is 0 Å². The molecule has 152 valence electrons. The van der Waals surface area contributed by atoms with Crippen LogP contribution in [0.3, 0.4) is 0 Å². The van der Waals surface area contributed by atoms with Crippen molar-refractivity contribution in [3.05, 3.63) is 70.9 Å². The average Bonchev–Trinajstić information content (AvgIpc) is 2.73. The monoisotopic (exact) mass is 412 g/mol. The maximum Gasteiger partial charge on any atom is 0.338 e. The Morgan fingerprint density at radius 2 is 1.72 bits per heavy atom. The molecular formula is C22H24N2O4S. The van der Waals surface area contributed by atoms with Crippen molar-refractivity contribution < 1.29 is 19.0 Å². The van der Waals surface area contributed by atoms with E-state index in [0.717, 1.165) is 11.1 Å². The summed E-state index contributed by atoms with van der Waals surface area (Å²) in [5.74, 6) is 0.854. The molecule has 0 unspecified atom stereocenters. The number of carbonyl (C=O) groups excluding carboxylic acids is 1. The molecule has 0 saturated carbocycles. The topological polar surface area (TPSA) is 68.8 Å². The van der Waals surface area contributed by atoms with E-state index in [1.54, 1.807) is 20.3 Å². The number of benzene rings is 2. The van der Waals surface area contributed by atoms with Crippen LogP contribution in [0.25, 0.3) is 0 Å². The molecule has 0 saturated heterocycles. The van der Waals surface area contributed by atoms with Gasteiger partial charge in [-0.25, -0.2) is 4.79 Å². The number of carbonyl (C=O) groups is 1. The van der Waals surface area contributed by atoms with Crippen molar-refractivity contribution in [2.75, 3.05) is 20.8 Å². The van der Waals surface area contributed by atoms with Crippen LogP contribution >= 0.6 is 12.2 Å². The van der Waals surface area contributed by atoms with Gasteiger partial charge in [0.05, 0.1) is 32.4 Å². The van der Waals surface area contributed by atoms with Gasteiger partial charge < -0.3 is 24.8 Å². The summed E-state index contributed by atoms with van der Waals surface area (Å²) in [6.45, 7) is 2.10. The molecule has 0 amide bonds. The van der Waals surface area contributed by atoms with Crippen LogP contribution in [0.1, 0.15) is 24.1 Å². The molecular weight excluding hydrogens is 388 g/mol. The highest BCUT2D eigenvalue weighted by atomic mass is 32.1. The molecule has 1 aliphatic heterocycles. The minimum absolute atomic E-state index is 0.290. The first-order chi connectivity index (χ1) is 14.0. The normalized spacial score (nSPS) is 16.0. The van der Waals surface area contributed by atoms with E-state index in [0.29, 0.717) is 34.3 Å². The molecule has 0 aromatic heterocycles. The molecule has 0 bridgehead atoms. The highest BCUT2D eigenvalue weighted by Gasteiger charge is 2.31. The van der Waals surface area contributed by atoms with Crippen LogP contribution in [0.5, 0.6) is 11.5 Å². The van der Waals surface area contributed by atoms with E-state index in [-0.39, 0.29) is 6.61 Å². The van der Waals surface area contributed by atoms with Gasteiger partial charge >= 0.3 is 5.97 Å². The molecule has 2 aromatic carbocycles. The van der Waals surface area contributed by atoms with Crippen LogP contribution in [0.2, 0.25) is 0 Å². The van der Waals surface area contributed by atoms with E-state index < -0.39 is 12.0 Å². The summed E-state index contributed by atoms with van der Waals surface area (Å²) in [7, 11) is 3.16. The summed E-state index contributed by atoms with van der Waals surface area (Å²) >= 11 is 5.30. The van der Waals surface area contributed by atoms with Crippen LogP contribution in [-0.2, 0) is 16.0 Å². The number of nitrogens with one attached hydrogen (secondary N) is 2. The predicted molar refractivity (Wildman–Crippen MR) is 115 cm³/mol. The Labute approximate surface area is 175 Å². The number of hydrogen-bond acceptors (Lipinski definition) is 5. The number of rotatable bonds is 7. The zero-order valence-corrected chi connectivity index (χ0v) is 17.5. The second kappa shape index (κ2) is 9.43. The molecule has 2 aromatic rings. The molecule has 1 atom stereocenters. The Balaban J connectivity index is 1.83. The zero-order chi connectivity index (χ0) is 20.8. The number of allylic oxidation sites excluding steroid dienone is 1. The fourth-order valence-electron chi connectivity index (χ4n) is 3.19. The van der Waals surface area contributed by atoms with E-state index in [9.17, 15) is 4.79 Å². The fourth-order valence-corrected chi connectivity index (χ4v) is 3.47. The lowest BCUT2D eigenvalue weighted by Crippen LogP contribution is -2.45. The second-order valence-electron chi connectivity index (χ2n) is 6.59. The van der Waals surface area contributed by atoms with Crippen LogP contribution < -0.4 is 20.1 Å². The molecule has 6 nitrogen and oxygen atoms in total. The van der Waals surface area contributed by atoms with Crippen LogP contribution in [0, 0.1) is 0 Å². The van der Waals surface area contributed by atoms with Gasteiger partial charge in [-0.05, 0) is 42.4 Å². The van der Waals surface area contributed by atoms with Crippen LogP contribution in [0.15, 0.2) is 59.8 Å². The van der Waals surface area contributed by atoms with Gasteiger partial charge in [-0.1, -0.05) is 30.3 Å². The molecule has 0 fully saturated rings. The summed E-state index contributed by atoms with van der Waals surface area (Å²) in [5, 5.41) is 6.61. The first-order valence-corrected chi connectivity index (χ1v) is 9.65. The second-order valence-corrected chi connectivity index (χ2v) is 7.00. The molecule has 29 heavy (non-hydrogen) atoms. The van der Waals surface area contributed by atoms with Gasteiger partial charge in [-0.15, -0.1) is 0 Å². The third kappa shape index (κ3) is 5.06. The minimum Gasteiger partial charge on any atom is -0.497 e. The Hall–Kier alpha value is -3.06. The van der Waals surface area contributed by atoms with Gasteiger partial charge in [-0.3, -0.25) is 0 Å². The lowest BCUT2D eigenvalue weighted by molar-refractivity contribution is -0.139. The van der Waals surface area contributed by atoms with Crippen molar-refractivity contribution in [2.24, 2.45) is 0 Å². The van der Waals surface area contributed by atoms with Gasteiger partial charge in [0.25, 0.3) is 0 Å². The van der Waals surface area contributed by atoms with Gasteiger partial charge in [0, 0.05) is 18.2 Å². The largest absolute Gasteiger partial charge is 0.497 e. The van der Waals surface area contributed by atoms with E-state index in [1.165, 1.54) is 0 Å². The first kappa shape index (κ1) is 20.7. The van der Waals surface area contributed by atoms with Crippen LogP contribution in [-0.4, -0.2) is 31.9 Å². The van der Waals surface area contributed by atoms with Crippen molar-refractivity contribution in [1.82, 2.24) is 10.6 Å². The summed E-state index contributed by atoms with van der Waals surface area (Å²) in [6, 6.07) is 14.9. The Bertz CT molecular complexity index is 905. The molecule has 3 rings (SSSR count). The predicted octanol–water partition coefficient (Wildman–Crippen LogP) is 3.28. The highest BCUT2D eigenvalue weighted by Crippen LogP contribution is 2.33. The standard InChI is InChI=1S/C22H24N2O4S/c1-14-19(21(25)28-10-9-15-7-5-4-6-8-15)20(24-22(29)23-14)16-11-17(26-2)13-18(12-16)27-3/h4-8,11-13,20H,9-10H2,1-3H3,(H2,23,24,29)/t20-/m1/s1.